The number of hydrogen-bond donors (Lipinski definition) is 3. The summed E-state index contributed by atoms with van der Waals surface area (Å²) < 4.78 is 0. The van der Waals surface area contributed by atoms with Gasteiger partial charge in [0, 0.05) is 16.6 Å². The minimum atomic E-state index is -0.121. The number of nitrogen functional groups attached to an aromatic ring is 1. The molecule has 0 radical (unpaired) electrons. The van der Waals surface area contributed by atoms with Crippen LogP contribution in [-0.4, -0.2) is 10.9 Å². The van der Waals surface area contributed by atoms with Crippen LogP contribution in [0.25, 0.3) is 0 Å². The van der Waals surface area contributed by atoms with Crippen LogP contribution < -0.4 is 16.6 Å². The van der Waals surface area contributed by atoms with Gasteiger partial charge in [-0.05, 0) is 31.2 Å². The van der Waals surface area contributed by atoms with Gasteiger partial charge in [-0.3, -0.25) is 10.6 Å². The molecular formula is C12H14N4OS. The Hall–Kier alpha value is -1.92. The molecule has 0 unspecified atom stereocenters. The SMILES string of the molecule is Cc1nc(CNC(=O)c2ccc(NN)cc2)cs1. The molecule has 0 fully saturated rings. The van der Waals surface area contributed by atoms with Crippen LogP contribution in [0, 0.1) is 6.92 Å². The normalized spacial score (nSPS) is 10.1. The van der Waals surface area contributed by atoms with E-state index in [0.717, 1.165) is 16.4 Å². The average molecular weight is 262 g/mol. The van der Waals surface area contributed by atoms with Crippen molar-refractivity contribution in [1.82, 2.24) is 10.3 Å². The molecule has 1 amide bonds. The quantitative estimate of drug-likeness (QED) is 0.578. The highest BCUT2D eigenvalue weighted by Gasteiger charge is 2.06. The molecule has 0 atom stereocenters. The van der Waals surface area contributed by atoms with Crippen LogP contribution in [0.3, 0.4) is 0 Å². The molecule has 1 aromatic heterocycles. The van der Waals surface area contributed by atoms with Crippen LogP contribution in [0.15, 0.2) is 29.6 Å². The molecule has 2 rings (SSSR count). The van der Waals surface area contributed by atoms with Crippen molar-refractivity contribution in [3.63, 3.8) is 0 Å². The summed E-state index contributed by atoms with van der Waals surface area (Å²) in [5, 5.41) is 5.76. The molecule has 1 heterocycles. The van der Waals surface area contributed by atoms with Crippen molar-refractivity contribution >= 4 is 22.9 Å². The molecule has 94 valence electrons. The van der Waals surface area contributed by atoms with Crippen molar-refractivity contribution in [3.05, 3.63) is 45.9 Å². The van der Waals surface area contributed by atoms with Gasteiger partial charge in [0.05, 0.1) is 17.2 Å². The second-order valence-electron chi connectivity index (χ2n) is 3.76. The Morgan fingerprint density at radius 2 is 2.11 bits per heavy atom. The maximum atomic E-state index is 11.8. The van der Waals surface area contributed by atoms with Crippen molar-refractivity contribution < 1.29 is 4.79 Å². The first-order chi connectivity index (χ1) is 8.69. The predicted octanol–water partition coefficient (Wildman–Crippen LogP) is 1.67. The van der Waals surface area contributed by atoms with Crippen LogP contribution in [0.4, 0.5) is 5.69 Å². The lowest BCUT2D eigenvalue weighted by Gasteiger charge is -2.04. The molecule has 0 aliphatic rings. The minimum absolute atomic E-state index is 0.121. The Morgan fingerprint density at radius 3 is 2.67 bits per heavy atom. The van der Waals surface area contributed by atoms with Gasteiger partial charge >= 0.3 is 0 Å². The fraction of sp³-hybridized carbons (Fsp3) is 0.167. The Bertz CT molecular complexity index is 535. The van der Waals surface area contributed by atoms with Crippen molar-refractivity contribution in [2.45, 2.75) is 13.5 Å². The number of thiazole rings is 1. The lowest BCUT2D eigenvalue weighted by atomic mass is 10.2. The monoisotopic (exact) mass is 262 g/mol. The fourth-order valence-corrected chi connectivity index (χ4v) is 2.09. The first-order valence-electron chi connectivity index (χ1n) is 5.45. The summed E-state index contributed by atoms with van der Waals surface area (Å²) in [6, 6.07) is 6.94. The highest BCUT2D eigenvalue weighted by Crippen LogP contribution is 2.09. The zero-order valence-electron chi connectivity index (χ0n) is 9.93. The second kappa shape index (κ2) is 5.61. The first kappa shape index (κ1) is 12.5. The smallest absolute Gasteiger partial charge is 0.251 e. The van der Waals surface area contributed by atoms with Crippen molar-refractivity contribution in [1.29, 1.82) is 0 Å². The molecule has 1 aromatic carbocycles. The number of carbonyl (C=O) groups excluding carboxylic acids is 1. The van der Waals surface area contributed by atoms with E-state index in [4.69, 9.17) is 5.84 Å². The molecule has 0 aliphatic carbocycles. The summed E-state index contributed by atoms with van der Waals surface area (Å²) in [6.45, 7) is 2.38. The molecule has 4 N–H and O–H groups in total. The molecule has 0 saturated carbocycles. The van der Waals surface area contributed by atoms with Gasteiger partial charge in [-0.1, -0.05) is 0 Å². The van der Waals surface area contributed by atoms with Crippen molar-refractivity contribution in [3.8, 4) is 0 Å². The first-order valence-corrected chi connectivity index (χ1v) is 6.33. The number of aromatic nitrogens is 1. The van der Waals surface area contributed by atoms with Crippen molar-refractivity contribution in [2.75, 3.05) is 5.43 Å². The standard InChI is InChI=1S/C12H14N4OS/c1-8-15-11(7-18-8)6-14-12(17)9-2-4-10(16-13)5-3-9/h2-5,7,16H,6,13H2,1H3,(H,14,17). The summed E-state index contributed by atoms with van der Waals surface area (Å²) >= 11 is 1.57. The number of hydrogen-bond acceptors (Lipinski definition) is 5. The van der Waals surface area contributed by atoms with E-state index in [9.17, 15) is 4.79 Å². The zero-order chi connectivity index (χ0) is 13.0. The Kier molecular flexibility index (Phi) is 3.91. The predicted molar refractivity (Wildman–Crippen MR) is 72.3 cm³/mol. The van der Waals surface area contributed by atoms with E-state index in [1.165, 1.54) is 0 Å². The number of benzene rings is 1. The molecule has 6 heteroatoms. The van der Waals surface area contributed by atoms with Gasteiger partial charge < -0.3 is 10.7 Å². The maximum absolute atomic E-state index is 11.8. The van der Waals surface area contributed by atoms with Crippen LogP contribution in [0.1, 0.15) is 21.1 Å². The van der Waals surface area contributed by atoms with E-state index in [1.807, 2.05) is 12.3 Å². The van der Waals surface area contributed by atoms with E-state index in [-0.39, 0.29) is 5.91 Å². The molecule has 0 saturated heterocycles. The average Bonchev–Trinajstić information content (AvgIpc) is 2.82. The molecular weight excluding hydrogens is 248 g/mol. The molecule has 2 aromatic rings. The van der Waals surface area contributed by atoms with Gasteiger partial charge in [0.1, 0.15) is 0 Å². The number of nitrogens with one attached hydrogen (secondary N) is 2. The number of amides is 1. The molecule has 0 spiro atoms. The molecule has 0 bridgehead atoms. The second-order valence-corrected chi connectivity index (χ2v) is 4.82. The van der Waals surface area contributed by atoms with Gasteiger partial charge in [-0.25, -0.2) is 4.98 Å². The van der Waals surface area contributed by atoms with E-state index >= 15 is 0 Å². The number of rotatable bonds is 4. The van der Waals surface area contributed by atoms with Crippen LogP contribution >= 0.6 is 11.3 Å². The fourth-order valence-electron chi connectivity index (χ4n) is 1.48. The number of nitrogens with two attached hydrogens (primary N) is 1. The topological polar surface area (TPSA) is 80.0 Å². The number of anilines is 1. The number of aryl methyl sites for hydroxylation is 1. The van der Waals surface area contributed by atoms with Crippen molar-refractivity contribution in [2.24, 2.45) is 5.84 Å². The van der Waals surface area contributed by atoms with Gasteiger partial charge in [-0.2, -0.15) is 0 Å². The summed E-state index contributed by atoms with van der Waals surface area (Å²) in [5.74, 6) is 5.13. The Labute approximate surface area is 109 Å². The minimum Gasteiger partial charge on any atom is -0.346 e. The van der Waals surface area contributed by atoms with E-state index in [0.29, 0.717) is 12.1 Å². The van der Waals surface area contributed by atoms with Gasteiger partial charge in [-0.15, -0.1) is 11.3 Å². The molecule has 18 heavy (non-hydrogen) atoms. The summed E-state index contributed by atoms with van der Waals surface area (Å²) in [5.41, 5.74) is 4.76. The third kappa shape index (κ3) is 3.06. The summed E-state index contributed by atoms with van der Waals surface area (Å²) in [7, 11) is 0. The van der Waals surface area contributed by atoms with Gasteiger partial charge in [0.15, 0.2) is 0 Å². The van der Waals surface area contributed by atoms with E-state index in [1.54, 1.807) is 35.6 Å². The van der Waals surface area contributed by atoms with Gasteiger partial charge in [0.25, 0.3) is 5.91 Å². The third-order valence-electron chi connectivity index (χ3n) is 2.41. The van der Waals surface area contributed by atoms with Crippen LogP contribution in [0.5, 0.6) is 0 Å². The third-order valence-corrected chi connectivity index (χ3v) is 3.23. The molecule has 0 aliphatic heterocycles. The van der Waals surface area contributed by atoms with Gasteiger partial charge in [0.2, 0.25) is 0 Å². The lowest BCUT2D eigenvalue weighted by molar-refractivity contribution is 0.0950. The number of hydrazine groups is 1. The lowest BCUT2D eigenvalue weighted by Crippen LogP contribution is -2.23. The zero-order valence-corrected chi connectivity index (χ0v) is 10.8. The largest absolute Gasteiger partial charge is 0.346 e. The van der Waals surface area contributed by atoms with Crippen LogP contribution in [-0.2, 0) is 6.54 Å². The summed E-state index contributed by atoms with van der Waals surface area (Å²) in [4.78, 5) is 16.1. The number of carbonyl (C=O) groups is 1. The highest BCUT2D eigenvalue weighted by molar-refractivity contribution is 7.09. The molecule has 5 nitrogen and oxygen atoms in total. The Morgan fingerprint density at radius 1 is 1.39 bits per heavy atom. The highest BCUT2D eigenvalue weighted by atomic mass is 32.1. The Balaban J connectivity index is 1.94. The van der Waals surface area contributed by atoms with E-state index in [2.05, 4.69) is 15.7 Å². The summed E-state index contributed by atoms with van der Waals surface area (Å²) in [6.07, 6.45) is 0. The van der Waals surface area contributed by atoms with Crippen LogP contribution in [0.2, 0.25) is 0 Å². The maximum Gasteiger partial charge on any atom is 0.251 e. The number of nitrogens with zero attached hydrogens (tertiary/aromatic N) is 1. The van der Waals surface area contributed by atoms with E-state index < -0.39 is 0 Å².